The first-order valence-corrected chi connectivity index (χ1v) is 6.28. The molecule has 0 unspecified atom stereocenters. The molecule has 0 bridgehead atoms. The van der Waals surface area contributed by atoms with Gasteiger partial charge in [0.25, 0.3) is 0 Å². The van der Waals surface area contributed by atoms with Crippen LogP contribution in [-0.4, -0.2) is 10.1 Å². The van der Waals surface area contributed by atoms with Crippen LogP contribution in [0.25, 0.3) is 11.3 Å². The third-order valence-electron chi connectivity index (χ3n) is 2.91. The highest BCUT2D eigenvalue weighted by Crippen LogP contribution is 2.22. The number of rotatable bonds is 4. The topological polar surface area (TPSA) is 77.0 Å². The van der Waals surface area contributed by atoms with Crippen molar-refractivity contribution in [3.8, 4) is 11.3 Å². The largest absolute Gasteiger partial charge is 0.359 e. The normalized spacial score (nSPS) is 10.4. The maximum absolute atomic E-state index is 5.50. The number of benzene rings is 1. The summed E-state index contributed by atoms with van der Waals surface area (Å²) in [6.45, 7) is 0.356. The second-order valence-corrected chi connectivity index (χ2v) is 4.32. The molecule has 0 fully saturated rings. The van der Waals surface area contributed by atoms with Crippen molar-refractivity contribution in [2.24, 2.45) is 5.73 Å². The molecule has 0 atom stereocenters. The van der Waals surface area contributed by atoms with Gasteiger partial charge in [-0.1, -0.05) is 17.3 Å². The lowest BCUT2D eigenvalue weighted by atomic mass is 10.1. The molecule has 2 heterocycles. The van der Waals surface area contributed by atoms with E-state index in [1.54, 1.807) is 12.4 Å². The van der Waals surface area contributed by atoms with Crippen molar-refractivity contribution in [3.05, 3.63) is 60.6 Å². The van der Waals surface area contributed by atoms with Crippen LogP contribution in [0.2, 0.25) is 0 Å². The lowest BCUT2D eigenvalue weighted by Gasteiger charge is -2.06. The minimum atomic E-state index is 0.356. The number of nitrogens with zero attached hydrogens (tertiary/aromatic N) is 2. The van der Waals surface area contributed by atoms with Crippen LogP contribution in [0.1, 0.15) is 5.76 Å². The van der Waals surface area contributed by atoms with Crippen molar-refractivity contribution >= 4 is 11.4 Å². The fraction of sp³-hybridized carbons (Fsp3) is 0.0667. The molecule has 3 rings (SSSR count). The Kier molecular flexibility index (Phi) is 3.43. The summed E-state index contributed by atoms with van der Waals surface area (Å²) < 4.78 is 5.10. The molecule has 0 aliphatic carbocycles. The molecule has 0 amide bonds. The van der Waals surface area contributed by atoms with Crippen molar-refractivity contribution in [2.75, 3.05) is 5.32 Å². The zero-order valence-corrected chi connectivity index (χ0v) is 10.8. The molecule has 3 N–H and O–H groups in total. The van der Waals surface area contributed by atoms with Gasteiger partial charge in [-0.3, -0.25) is 4.98 Å². The molecule has 1 aromatic carbocycles. The molecule has 0 aliphatic rings. The molecular weight excluding hydrogens is 252 g/mol. The van der Waals surface area contributed by atoms with E-state index in [9.17, 15) is 0 Å². The van der Waals surface area contributed by atoms with E-state index in [4.69, 9.17) is 10.3 Å². The van der Waals surface area contributed by atoms with E-state index in [1.165, 1.54) is 0 Å². The molecule has 0 saturated heterocycles. The van der Waals surface area contributed by atoms with Gasteiger partial charge in [0.2, 0.25) is 0 Å². The molecule has 20 heavy (non-hydrogen) atoms. The number of hydrogen-bond donors (Lipinski definition) is 2. The lowest BCUT2D eigenvalue weighted by molar-refractivity contribution is 0.387. The van der Waals surface area contributed by atoms with Gasteiger partial charge in [-0.2, -0.15) is 0 Å². The summed E-state index contributed by atoms with van der Waals surface area (Å²) in [5, 5.41) is 7.28. The quantitative estimate of drug-likeness (QED) is 0.759. The summed E-state index contributed by atoms with van der Waals surface area (Å²) in [6, 6.07) is 13.6. The van der Waals surface area contributed by atoms with E-state index >= 15 is 0 Å². The first-order valence-electron chi connectivity index (χ1n) is 6.28. The van der Waals surface area contributed by atoms with Crippen LogP contribution in [0.5, 0.6) is 0 Å². The van der Waals surface area contributed by atoms with Gasteiger partial charge in [0.1, 0.15) is 5.69 Å². The van der Waals surface area contributed by atoms with Crippen LogP contribution in [0.4, 0.5) is 11.4 Å². The molecule has 100 valence electrons. The van der Waals surface area contributed by atoms with Crippen LogP contribution in [-0.2, 0) is 6.54 Å². The number of pyridine rings is 1. The molecular formula is C15H14N4O. The number of hydrogen-bond acceptors (Lipinski definition) is 5. The number of nitrogens with one attached hydrogen (secondary N) is 1. The summed E-state index contributed by atoms with van der Waals surface area (Å²) in [4.78, 5) is 3.98. The Bertz CT molecular complexity index is 677. The van der Waals surface area contributed by atoms with Crippen molar-refractivity contribution in [3.63, 3.8) is 0 Å². The van der Waals surface area contributed by atoms with Gasteiger partial charge in [-0.05, 0) is 24.3 Å². The molecule has 5 nitrogen and oxygen atoms in total. The van der Waals surface area contributed by atoms with Gasteiger partial charge in [0.05, 0.1) is 6.54 Å². The molecule has 0 aliphatic heterocycles. The Balaban J connectivity index is 1.77. The highest BCUT2D eigenvalue weighted by Gasteiger charge is 2.05. The molecule has 0 spiro atoms. The maximum atomic E-state index is 5.50. The van der Waals surface area contributed by atoms with Crippen LogP contribution in [0, 0.1) is 0 Å². The van der Waals surface area contributed by atoms with Crippen LogP contribution in [0.3, 0.4) is 0 Å². The van der Waals surface area contributed by atoms with Gasteiger partial charge >= 0.3 is 0 Å². The molecule has 0 saturated carbocycles. The zero-order chi connectivity index (χ0) is 13.8. The van der Waals surface area contributed by atoms with Gasteiger partial charge in [0, 0.05) is 35.4 Å². The van der Waals surface area contributed by atoms with Crippen molar-refractivity contribution in [2.45, 2.75) is 6.54 Å². The predicted octanol–water partition coefficient (Wildman–Crippen LogP) is 2.94. The smallest absolute Gasteiger partial charge is 0.150 e. The molecule has 0 radical (unpaired) electrons. The second-order valence-electron chi connectivity index (χ2n) is 4.32. The van der Waals surface area contributed by atoms with Crippen LogP contribution in [0.15, 0.2) is 59.4 Å². The second kappa shape index (κ2) is 5.54. The minimum absolute atomic E-state index is 0.356. The highest BCUT2D eigenvalue weighted by molar-refractivity contribution is 5.65. The van der Waals surface area contributed by atoms with E-state index < -0.39 is 0 Å². The highest BCUT2D eigenvalue weighted by atomic mass is 16.5. The fourth-order valence-electron chi connectivity index (χ4n) is 1.87. The Morgan fingerprint density at radius 2 is 1.70 bits per heavy atom. The Morgan fingerprint density at radius 1 is 1.00 bits per heavy atom. The molecule has 5 heteroatoms. The zero-order valence-electron chi connectivity index (χ0n) is 10.8. The Morgan fingerprint density at radius 3 is 2.35 bits per heavy atom. The van der Waals surface area contributed by atoms with E-state index in [-0.39, 0.29) is 0 Å². The molecule has 2 aromatic heterocycles. The first kappa shape index (κ1) is 12.4. The first-order chi connectivity index (χ1) is 9.85. The SMILES string of the molecule is NCc1cc(-c2ccc(Nc3ccncc3)cc2)no1. The monoisotopic (exact) mass is 266 g/mol. The summed E-state index contributed by atoms with van der Waals surface area (Å²) in [7, 11) is 0. The van der Waals surface area contributed by atoms with Gasteiger partial charge in [-0.15, -0.1) is 0 Å². The third-order valence-corrected chi connectivity index (χ3v) is 2.91. The van der Waals surface area contributed by atoms with Gasteiger partial charge in [-0.25, -0.2) is 0 Å². The number of aromatic nitrogens is 2. The van der Waals surface area contributed by atoms with Crippen molar-refractivity contribution < 1.29 is 4.52 Å². The third kappa shape index (κ3) is 2.67. The van der Waals surface area contributed by atoms with E-state index in [2.05, 4.69) is 15.5 Å². The average Bonchev–Trinajstić information content (AvgIpc) is 2.98. The van der Waals surface area contributed by atoms with Gasteiger partial charge < -0.3 is 15.6 Å². The molecule has 3 aromatic rings. The van der Waals surface area contributed by atoms with E-state index in [0.717, 1.165) is 22.6 Å². The summed E-state index contributed by atoms with van der Waals surface area (Å²) in [5.41, 5.74) is 9.29. The van der Waals surface area contributed by atoms with E-state index in [0.29, 0.717) is 12.3 Å². The van der Waals surface area contributed by atoms with Crippen LogP contribution < -0.4 is 11.1 Å². The standard InChI is InChI=1S/C15H14N4O/c16-10-14-9-15(19-20-14)11-1-3-12(4-2-11)18-13-5-7-17-8-6-13/h1-9H,10,16H2,(H,17,18). The summed E-state index contributed by atoms with van der Waals surface area (Å²) in [6.07, 6.45) is 3.50. The average molecular weight is 266 g/mol. The summed E-state index contributed by atoms with van der Waals surface area (Å²) >= 11 is 0. The fourth-order valence-corrected chi connectivity index (χ4v) is 1.87. The minimum Gasteiger partial charge on any atom is -0.359 e. The Labute approximate surface area is 116 Å². The summed E-state index contributed by atoms with van der Waals surface area (Å²) in [5.74, 6) is 0.680. The Hall–Kier alpha value is -2.66. The van der Waals surface area contributed by atoms with E-state index in [1.807, 2.05) is 42.5 Å². The van der Waals surface area contributed by atoms with Crippen molar-refractivity contribution in [1.29, 1.82) is 0 Å². The van der Waals surface area contributed by atoms with Crippen molar-refractivity contribution in [1.82, 2.24) is 10.1 Å². The van der Waals surface area contributed by atoms with Gasteiger partial charge in [0.15, 0.2) is 5.76 Å². The van der Waals surface area contributed by atoms with Crippen LogP contribution >= 0.6 is 0 Å². The predicted molar refractivity (Wildman–Crippen MR) is 77.4 cm³/mol. The number of nitrogens with two attached hydrogens (primary N) is 1. The lowest BCUT2D eigenvalue weighted by Crippen LogP contribution is -1.92. The number of anilines is 2. The maximum Gasteiger partial charge on any atom is 0.150 e.